The van der Waals surface area contributed by atoms with Gasteiger partial charge in [0.2, 0.25) is 5.91 Å². The maximum atomic E-state index is 12.3. The number of imide groups is 1. The number of carbonyl (C=O) groups is 3. The van der Waals surface area contributed by atoms with Crippen LogP contribution in [-0.4, -0.2) is 41.4 Å². The van der Waals surface area contributed by atoms with Crippen LogP contribution in [0.25, 0.3) is 0 Å². The first-order chi connectivity index (χ1) is 11.0. The van der Waals surface area contributed by atoms with Crippen molar-refractivity contribution < 1.29 is 14.4 Å². The summed E-state index contributed by atoms with van der Waals surface area (Å²) in [4.78, 5) is 37.2. The van der Waals surface area contributed by atoms with Crippen molar-refractivity contribution >= 4 is 29.4 Å². The molecule has 6 nitrogen and oxygen atoms in total. The van der Waals surface area contributed by atoms with Crippen LogP contribution in [0.4, 0.5) is 4.79 Å². The van der Waals surface area contributed by atoms with Crippen LogP contribution in [0.15, 0.2) is 24.3 Å². The summed E-state index contributed by atoms with van der Waals surface area (Å²) in [6.07, 6.45) is 2.00. The van der Waals surface area contributed by atoms with Crippen LogP contribution in [0.1, 0.15) is 24.8 Å². The van der Waals surface area contributed by atoms with Crippen molar-refractivity contribution in [1.82, 2.24) is 15.5 Å². The van der Waals surface area contributed by atoms with Gasteiger partial charge in [-0.15, -0.1) is 0 Å². The molecule has 2 N–H and O–H groups in total. The van der Waals surface area contributed by atoms with E-state index in [-0.39, 0.29) is 11.8 Å². The van der Waals surface area contributed by atoms with E-state index in [2.05, 4.69) is 10.6 Å². The van der Waals surface area contributed by atoms with E-state index >= 15 is 0 Å². The van der Waals surface area contributed by atoms with Crippen LogP contribution in [-0.2, 0) is 16.0 Å². The SMILES string of the molecule is O=C1NC(=O)C2(CCN(C(=O)CCc3ccc(Cl)cc3)CC2)N1. The third-order valence-corrected chi connectivity index (χ3v) is 4.78. The highest BCUT2D eigenvalue weighted by Gasteiger charge is 2.48. The molecule has 23 heavy (non-hydrogen) atoms. The Morgan fingerprint density at radius 1 is 1.17 bits per heavy atom. The number of aryl methyl sites for hydroxylation is 1. The molecule has 0 unspecified atom stereocenters. The highest BCUT2D eigenvalue weighted by Crippen LogP contribution is 2.26. The van der Waals surface area contributed by atoms with Crippen molar-refractivity contribution in [1.29, 1.82) is 0 Å². The first-order valence-corrected chi connectivity index (χ1v) is 8.02. The Hall–Kier alpha value is -2.08. The summed E-state index contributed by atoms with van der Waals surface area (Å²) >= 11 is 5.84. The van der Waals surface area contributed by atoms with Crippen LogP contribution in [0.3, 0.4) is 0 Å². The molecule has 2 aliphatic heterocycles. The molecule has 0 aliphatic carbocycles. The summed E-state index contributed by atoms with van der Waals surface area (Å²) in [6.45, 7) is 0.959. The molecule has 1 spiro atoms. The second-order valence-corrected chi connectivity index (χ2v) is 6.43. The molecular formula is C16H18ClN3O3. The van der Waals surface area contributed by atoms with E-state index in [4.69, 9.17) is 11.6 Å². The van der Waals surface area contributed by atoms with Gasteiger partial charge in [-0.05, 0) is 37.0 Å². The maximum absolute atomic E-state index is 12.3. The van der Waals surface area contributed by atoms with Gasteiger partial charge < -0.3 is 10.2 Å². The molecular weight excluding hydrogens is 318 g/mol. The zero-order valence-corrected chi connectivity index (χ0v) is 13.4. The van der Waals surface area contributed by atoms with E-state index in [0.29, 0.717) is 43.8 Å². The molecule has 2 fully saturated rings. The fraction of sp³-hybridized carbons (Fsp3) is 0.438. The van der Waals surface area contributed by atoms with Gasteiger partial charge in [0, 0.05) is 24.5 Å². The summed E-state index contributed by atoms with van der Waals surface area (Å²) in [5.41, 5.74) is 0.239. The first kappa shape index (κ1) is 15.8. The first-order valence-electron chi connectivity index (χ1n) is 7.64. The number of benzene rings is 1. The van der Waals surface area contributed by atoms with Crippen molar-refractivity contribution in [3.8, 4) is 0 Å². The van der Waals surface area contributed by atoms with Gasteiger partial charge in [-0.25, -0.2) is 4.79 Å². The monoisotopic (exact) mass is 335 g/mol. The number of hydrogen-bond acceptors (Lipinski definition) is 3. The Kier molecular flexibility index (Phi) is 4.26. The third kappa shape index (κ3) is 3.32. The molecule has 3 rings (SSSR count). The number of nitrogens with zero attached hydrogens (tertiary/aromatic N) is 1. The number of likely N-dealkylation sites (tertiary alicyclic amines) is 1. The van der Waals surface area contributed by atoms with Crippen molar-refractivity contribution in [3.05, 3.63) is 34.9 Å². The van der Waals surface area contributed by atoms with Crippen LogP contribution in [0.2, 0.25) is 5.02 Å². The average Bonchev–Trinajstić information content (AvgIpc) is 2.81. The number of amides is 4. The Balaban J connectivity index is 1.51. The second-order valence-electron chi connectivity index (χ2n) is 6.00. The van der Waals surface area contributed by atoms with E-state index in [1.165, 1.54) is 0 Å². The molecule has 0 atom stereocenters. The number of piperidine rings is 1. The Morgan fingerprint density at radius 2 is 1.83 bits per heavy atom. The average molecular weight is 336 g/mol. The minimum absolute atomic E-state index is 0.0690. The number of halogens is 1. The van der Waals surface area contributed by atoms with Gasteiger partial charge in [-0.2, -0.15) is 0 Å². The Bertz CT molecular complexity index is 636. The van der Waals surface area contributed by atoms with E-state index in [1.54, 1.807) is 4.90 Å². The molecule has 0 radical (unpaired) electrons. The van der Waals surface area contributed by atoms with E-state index < -0.39 is 11.6 Å². The minimum Gasteiger partial charge on any atom is -0.342 e. The Labute approximate surface area is 139 Å². The van der Waals surface area contributed by atoms with Crippen molar-refractivity contribution in [3.63, 3.8) is 0 Å². The largest absolute Gasteiger partial charge is 0.342 e. The number of rotatable bonds is 3. The molecule has 2 aliphatic rings. The molecule has 2 heterocycles. The van der Waals surface area contributed by atoms with Crippen LogP contribution in [0, 0.1) is 0 Å². The summed E-state index contributed by atoms with van der Waals surface area (Å²) in [6, 6.07) is 7.01. The zero-order chi connectivity index (χ0) is 16.4. The molecule has 122 valence electrons. The normalized spacial score (nSPS) is 19.6. The molecule has 0 bridgehead atoms. The van der Waals surface area contributed by atoms with Crippen LogP contribution in [0.5, 0.6) is 0 Å². The predicted octanol–water partition coefficient (Wildman–Crippen LogP) is 1.47. The topological polar surface area (TPSA) is 78.5 Å². The lowest BCUT2D eigenvalue weighted by molar-refractivity contribution is -0.135. The van der Waals surface area contributed by atoms with Gasteiger partial charge in [0.1, 0.15) is 5.54 Å². The second kappa shape index (κ2) is 6.20. The molecule has 0 aromatic heterocycles. The molecule has 1 aromatic carbocycles. The van der Waals surface area contributed by atoms with Crippen molar-refractivity contribution in [2.45, 2.75) is 31.2 Å². The fourth-order valence-electron chi connectivity index (χ4n) is 3.08. The molecule has 7 heteroatoms. The minimum atomic E-state index is -0.829. The third-order valence-electron chi connectivity index (χ3n) is 4.53. The summed E-state index contributed by atoms with van der Waals surface area (Å²) in [5, 5.41) is 5.64. The number of urea groups is 1. The van der Waals surface area contributed by atoms with Gasteiger partial charge >= 0.3 is 6.03 Å². The van der Waals surface area contributed by atoms with Crippen molar-refractivity contribution in [2.24, 2.45) is 0 Å². The summed E-state index contributed by atoms with van der Waals surface area (Å²) < 4.78 is 0. The van der Waals surface area contributed by atoms with Gasteiger partial charge in [0.05, 0.1) is 0 Å². The Morgan fingerprint density at radius 3 is 2.39 bits per heavy atom. The predicted molar refractivity (Wildman–Crippen MR) is 85.0 cm³/mol. The van der Waals surface area contributed by atoms with Crippen LogP contribution < -0.4 is 10.6 Å². The molecule has 4 amide bonds. The number of nitrogens with one attached hydrogen (secondary N) is 2. The van der Waals surface area contributed by atoms with Gasteiger partial charge in [-0.3, -0.25) is 14.9 Å². The number of carbonyl (C=O) groups excluding carboxylic acids is 3. The van der Waals surface area contributed by atoms with E-state index in [1.807, 2.05) is 24.3 Å². The quantitative estimate of drug-likeness (QED) is 0.821. The van der Waals surface area contributed by atoms with E-state index in [0.717, 1.165) is 5.56 Å². The standard InChI is InChI=1S/C16H18ClN3O3/c17-12-4-1-11(2-5-12)3-6-13(21)20-9-7-16(8-10-20)14(22)18-15(23)19-16/h1-2,4-5H,3,6-10H2,(H2,18,19,22,23). The van der Waals surface area contributed by atoms with Gasteiger partial charge in [0.15, 0.2) is 0 Å². The highest BCUT2D eigenvalue weighted by molar-refractivity contribution is 6.30. The maximum Gasteiger partial charge on any atom is 0.322 e. The summed E-state index contributed by atoms with van der Waals surface area (Å²) in [5.74, 6) is -0.213. The zero-order valence-electron chi connectivity index (χ0n) is 12.6. The molecule has 0 saturated carbocycles. The van der Waals surface area contributed by atoms with Gasteiger partial charge in [0.25, 0.3) is 5.91 Å². The van der Waals surface area contributed by atoms with Crippen molar-refractivity contribution in [2.75, 3.05) is 13.1 Å². The van der Waals surface area contributed by atoms with Gasteiger partial charge in [-0.1, -0.05) is 23.7 Å². The van der Waals surface area contributed by atoms with Crippen LogP contribution >= 0.6 is 11.6 Å². The fourth-order valence-corrected chi connectivity index (χ4v) is 3.20. The molecule has 1 aromatic rings. The smallest absolute Gasteiger partial charge is 0.322 e. The lowest BCUT2D eigenvalue weighted by Gasteiger charge is -2.37. The highest BCUT2D eigenvalue weighted by atomic mass is 35.5. The lowest BCUT2D eigenvalue weighted by Crippen LogP contribution is -2.55. The number of hydrogen-bond donors (Lipinski definition) is 2. The summed E-state index contributed by atoms with van der Waals surface area (Å²) in [7, 11) is 0. The molecule has 2 saturated heterocycles. The van der Waals surface area contributed by atoms with E-state index in [9.17, 15) is 14.4 Å². The lowest BCUT2D eigenvalue weighted by atomic mass is 9.87.